The van der Waals surface area contributed by atoms with E-state index in [0.29, 0.717) is 10.9 Å². The second-order valence-corrected chi connectivity index (χ2v) is 9.11. The summed E-state index contributed by atoms with van der Waals surface area (Å²) in [5.41, 5.74) is 4.30. The van der Waals surface area contributed by atoms with Crippen LogP contribution in [0.4, 0.5) is 0 Å². The lowest BCUT2D eigenvalue weighted by atomic mass is 9.89. The smallest absolute Gasteiger partial charge is 0.277 e. The molecule has 7 heteroatoms. The molecule has 6 nitrogen and oxygen atoms in total. The van der Waals surface area contributed by atoms with E-state index in [2.05, 4.69) is 50.4 Å². The van der Waals surface area contributed by atoms with Crippen molar-refractivity contribution in [2.24, 2.45) is 0 Å². The molecule has 0 radical (unpaired) electrons. The number of hydrogen-bond donors (Lipinski definition) is 1. The van der Waals surface area contributed by atoms with Gasteiger partial charge in [0, 0.05) is 29.2 Å². The van der Waals surface area contributed by atoms with Gasteiger partial charge in [-0.05, 0) is 63.7 Å². The van der Waals surface area contributed by atoms with Crippen LogP contribution in [-0.4, -0.2) is 44.1 Å². The summed E-state index contributed by atoms with van der Waals surface area (Å²) in [5, 5.41) is 6.77. The number of likely N-dealkylation sites (tertiary alicyclic amines) is 1. The van der Waals surface area contributed by atoms with Crippen LogP contribution in [-0.2, 0) is 6.42 Å². The van der Waals surface area contributed by atoms with Crippen LogP contribution in [0.25, 0.3) is 15.9 Å². The lowest BCUT2D eigenvalue weighted by Crippen LogP contribution is -2.35. The third-order valence-corrected chi connectivity index (χ3v) is 7.02. The van der Waals surface area contributed by atoms with Gasteiger partial charge in [-0.1, -0.05) is 29.5 Å². The standard InChI is InChI=1S/C22H25N5OS/c1-14-17(21(28)24-22-27(14)25-15(2)29-22)9-12-26-10-7-16(8-11-26)19-13-23-20-6-4-3-5-18(19)20/h3-6,13,16,23H,7-12H2,1-2H3. The Hall–Kier alpha value is -2.51. The molecule has 3 aromatic heterocycles. The summed E-state index contributed by atoms with van der Waals surface area (Å²) in [6.07, 6.45) is 5.23. The van der Waals surface area contributed by atoms with Crippen LogP contribution in [0.3, 0.4) is 0 Å². The number of benzene rings is 1. The molecule has 0 aliphatic carbocycles. The second-order valence-electron chi connectivity index (χ2n) is 7.95. The van der Waals surface area contributed by atoms with Crippen molar-refractivity contribution in [2.45, 2.75) is 39.0 Å². The largest absolute Gasteiger partial charge is 0.361 e. The minimum atomic E-state index is -0.0974. The van der Waals surface area contributed by atoms with E-state index in [1.54, 1.807) is 0 Å². The maximum Gasteiger partial charge on any atom is 0.277 e. The SMILES string of the molecule is Cc1nn2c(C)c(CCN3CCC(c4c[nH]c5ccccc45)CC3)c(=O)nc2s1. The molecule has 150 valence electrons. The van der Waals surface area contributed by atoms with Crippen LogP contribution in [0, 0.1) is 13.8 Å². The van der Waals surface area contributed by atoms with Gasteiger partial charge in [-0.2, -0.15) is 10.1 Å². The van der Waals surface area contributed by atoms with Crippen molar-refractivity contribution in [1.82, 2.24) is 24.5 Å². The molecule has 0 amide bonds. The summed E-state index contributed by atoms with van der Waals surface area (Å²) in [4.78, 5) is 23.3. The Morgan fingerprint density at radius 3 is 2.83 bits per heavy atom. The van der Waals surface area contributed by atoms with Gasteiger partial charge >= 0.3 is 0 Å². The van der Waals surface area contributed by atoms with E-state index < -0.39 is 0 Å². The lowest BCUT2D eigenvalue weighted by molar-refractivity contribution is 0.215. The molecule has 5 rings (SSSR count). The molecular weight excluding hydrogens is 382 g/mol. The van der Waals surface area contributed by atoms with E-state index in [0.717, 1.165) is 55.2 Å². The summed E-state index contributed by atoms with van der Waals surface area (Å²) < 4.78 is 1.82. The Balaban J connectivity index is 1.26. The molecule has 0 bridgehead atoms. The zero-order valence-electron chi connectivity index (χ0n) is 16.8. The average molecular weight is 408 g/mol. The van der Waals surface area contributed by atoms with Crippen LogP contribution in [0.5, 0.6) is 0 Å². The van der Waals surface area contributed by atoms with Crippen molar-refractivity contribution in [1.29, 1.82) is 0 Å². The monoisotopic (exact) mass is 407 g/mol. The number of H-pyrrole nitrogens is 1. The number of rotatable bonds is 4. The minimum absolute atomic E-state index is 0.0974. The predicted octanol–water partition coefficient (Wildman–Crippen LogP) is 3.67. The number of aromatic nitrogens is 4. The van der Waals surface area contributed by atoms with Crippen LogP contribution in [0.15, 0.2) is 35.3 Å². The molecule has 0 atom stereocenters. The molecule has 4 aromatic rings. The molecular formula is C22H25N5OS. The highest BCUT2D eigenvalue weighted by Crippen LogP contribution is 2.33. The Bertz CT molecular complexity index is 1230. The van der Waals surface area contributed by atoms with Crippen molar-refractivity contribution in [2.75, 3.05) is 19.6 Å². The highest BCUT2D eigenvalue weighted by molar-refractivity contribution is 7.16. The summed E-state index contributed by atoms with van der Waals surface area (Å²) >= 11 is 1.46. The maximum atomic E-state index is 12.5. The summed E-state index contributed by atoms with van der Waals surface area (Å²) in [5.74, 6) is 0.603. The van der Waals surface area contributed by atoms with E-state index in [1.807, 2.05) is 18.4 Å². The lowest BCUT2D eigenvalue weighted by Gasteiger charge is -2.32. The average Bonchev–Trinajstić information content (AvgIpc) is 3.31. The van der Waals surface area contributed by atoms with Gasteiger partial charge in [-0.3, -0.25) is 4.79 Å². The Morgan fingerprint density at radius 1 is 1.21 bits per heavy atom. The Morgan fingerprint density at radius 2 is 2.00 bits per heavy atom. The quantitative estimate of drug-likeness (QED) is 0.561. The van der Waals surface area contributed by atoms with Crippen molar-refractivity contribution >= 4 is 27.2 Å². The summed E-state index contributed by atoms with van der Waals surface area (Å²) in [7, 11) is 0. The van der Waals surface area contributed by atoms with Gasteiger partial charge in [-0.25, -0.2) is 4.52 Å². The van der Waals surface area contributed by atoms with E-state index in [4.69, 9.17) is 0 Å². The van der Waals surface area contributed by atoms with Crippen molar-refractivity contribution < 1.29 is 0 Å². The van der Waals surface area contributed by atoms with Crippen molar-refractivity contribution in [3.63, 3.8) is 0 Å². The zero-order chi connectivity index (χ0) is 20.0. The first-order valence-electron chi connectivity index (χ1n) is 10.2. The van der Waals surface area contributed by atoms with Gasteiger partial charge in [0.05, 0.1) is 5.69 Å². The number of nitrogens with zero attached hydrogens (tertiary/aromatic N) is 4. The van der Waals surface area contributed by atoms with Gasteiger partial charge in [0.25, 0.3) is 5.56 Å². The van der Waals surface area contributed by atoms with Crippen LogP contribution >= 0.6 is 11.3 Å². The van der Waals surface area contributed by atoms with Gasteiger partial charge in [0.15, 0.2) is 0 Å². The molecule has 0 unspecified atom stereocenters. The molecule has 4 heterocycles. The highest BCUT2D eigenvalue weighted by atomic mass is 32.1. The van der Waals surface area contributed by atoms with Crippen LogP contribution in [0.2, 0.25) is 0 Å². The van der Waals surface area contributed by atoms with Gasteiger partial charge in [-0.15, -0.1) is 0 Å². The first-order chi connectivity index (χ1) is 14.1. The normalized spacial score (nSPS) is 16.2. The number of aromatic amines is 1. The first-order valence-corrected chi connectivity index (χ1v) is 11.1. The molecule has 1 aromatic carbocycles. The molecule has 0 saturated carbocycles. The number of nitrogens with one attached hydrogen (secondary N) is 1. The molecule has 1 aliphatic heterocycles. The fourth-order valence-electron chi connectivity index (χ4n) is 4.56. The number of aryl methyl sites for hydroxylation is 2. The fraction of sp³-hybridized carbons (Fsp3) is 0.409. The van der Waals surface area contributed by atoms with E-state index in [-0.39, 0.29) is 5.56 Å². The van der Waals surface area contributed by atoms with E-state index >= 15 is 0 Å². The molecule has 1 N–H and O–H groups in total. The first kappa shape index (κ1) is 18.5. The highest BCUT2D eigenvalue weighted by Gasteiger charge is 2.23. The number of fused-ring (bicyclic) bond motifs is 2. The van der Waals surface area contributed by atoms with Gasteiger partial charge in [0.1, 0.15) is 5.01 Å². The topological polar surface area (TPSA) is 66.3 Å². The second kappa shape index (κ2) is 7.39. The number of piperidine rings is 1. The minimum Gasteiger partial charge on any atom is -0.361 e. The van der Waals surface area contributed by atoms with Crippen LogP contribution in [0.1, 0.15) is 40.6 Å². The van der Waals surface area contributed by atoms with Gasteiger partial charge < -0.3 is 9.88 Å². The maximum absolute atomic E-state index is 12.5. The molecule has 1 fully saturated rings. The molecule has 0 spiro atoms. The number of para-hydroxylation sites is 1. The zero-order valence-corrected chi connectivity index (χ0v) is 17.6. The third-order valence-electron chi connectivity index (χ3n) is 6.20. The van der Waals surface area contributed by atoms with E-state index in [9.17, 15) is 4.79 Å². The van der Waals surface area contributed by atoms with Crippen molar-refractivity contribution in [3.8, 4) is 0 Å². The molecule has 29 heavy (non-hydrogen) atoms. The number of hydrogen-bond acceptors (Lipinski definition) is 5. The Kier molecular flexibility index (Phi) is 4.72. The summed E-state index contributed by atoms with van der Waals surface area (Å²) in [6, 6.07) is 8.55. The molecule has 1 saturated heterocycles. The van der Waals surface area contributed by atoms with Gasteiger partial charge in [0.2, 0.25) is 4.96 Å². The molecule has 1 aliphatic rings. The van der Waals surface area contributed by atoms with E-state index in [1.165, 1.54) is 27.8 Å². The van der Waals surface area contributed by atoms with Crippen LogP contribution < -0.4 is 5.56 Å². The Labute approximate surface area is 173 Å². The van der Waals surface area contributed by atoms with Crippen molar-refractivity contribution in [3.05, 3.63) is 62.6 Å². The third kappa shape index (κ3) is 3.38. The predicted molar refractivity (Wildman–Crippen MR) is 117 cm³/mol. The summed E-state index contributed by atoms with van der Waals surface area (Å²) in [6.45, 7) is 6.95. The fourth-order valence-corrected chi connectivity index (χ4v) is 5.34.